The largest absolute Gasteiger partial charge is 0.212 e. The zero-order valence-electron chi connectivity index (χ0n) is 10.4. The minimum Gasteiger partial charge on any atom is -0.212 e. The Morgan fingerprint density at radius 2 is 2.13 bits per heavy atom. The van der Waals surface area contributed by atoms with E-state index in [1.54, 1.807) is 6.08 Å². The van der Waals surface area contributed by atoms with Crippen LogP contribution in [0.25, 0.3) is 0 Å². The van der Waals surface area contributed by atoms with Crippen LogP contribution in [0, 0.1) is 17.8 Å². The summed E-state index contributed by atoms with van der Waals surface area (Å²) in [5, 5.41) is 0. The van der Waals surface area contributed by atoms with Crippen LogP contribution in [0.15, 0.2) is 23.6 Å². The van der Waals surface area contributed by atoms with Crippen molar-refractivity contribution < 1.29 is 4.39 Å². The summed E-state index contributed by atoms with van der Waals surface area (Å²) in [4.78, 5) is 0. The highest BCUT2D eigenvalue weighted by atomic mass is 19.1. The maximum absolute atomic E-state index is 13.4. The molecule has 0 nitrogen and oxygen atoms in total. The molecule has 0 bridgehead atoms. The third kappa shape index (κ3) is 3.48. The Labute approximate surface area is 93.3 Å². The number of rotatable bonds is 4. The van der Waals surface area contributed by atoms with Crippen LogP contribution in [0.4, 0.5) is 4.39 Å². The van der Waals surface area contributed by atoms with Gasteiger partial charge < -0.3 is 0 Å². The first-order chi connectivity index (χ1) is 7.04. The average molecular weight is 210 g/mol. The van der Waals surface area contributed by atoms with Crippen LogP contribution in [-0.2, 0) is 0 Å². The van der Waals surface area contributed by atoms with Gasteiger partial charge in [-0.2, -0.15) is 0 Å². The molecule has 86 valence electrons. The Morgan fingerprint density at radius 3 is 2.67 bits per heavy atom. The van der Waals surface area contributed by atoms with Gasteiger partial charge in [0.05, 0.1) is 0 Å². The number of halogens is 1. The van der Waals surface area contributed by atoms with Gasteiger partial charge in [-0.3, -0.25) is 0 Å². The molecule has 0 fully saturated rings. The highest BCUT2D eigenvalue weighted by Crippen LogP contribution is 2.31. The average Bonchev–Trinajstić information content (AvgIpc) is 2.21. The van der Waals surface area contributed by atoms with Gasteiger partial charge in [0.2, 0.25) is 0 Å². The second-order valence-electron chi connectivity index (χ2n) is 5.02. The van der Waals surface area contributed by atoms with E-state index in [4.69, 9.17) is 0 Å². The monoisotopic (exact) mass is 210 g/mol. The van der Waals surface area contributed by atoms with Crippen LogP contribution in [0.5, 0.6) is 0 Å². The zero-order chi connectivity index (χ0) is 11.4. The quantitative estimate of drug-likeness (QED) is 0.620. The Balaban J connectivity index is 2.58. The minimum absolute atomic E-state index is 0.0588. The molecule has 0 aromatic rings. The molecule has 0 spiro atoms. The highest BCUT2D eigenvalue weighted by molar-refractivity contribution is 5.28. The van der Waals surface area contributed by atoms with Crippen molar-refractivity contribution in [3.05, 3.63) is 23.6 Å². The molecule has 1 rings (SSSR count). The van der Waals surface area contributed by atoms with Gasteiger partial charge in [0.25, 0.3) is 0 Å². The predicted molar refractivity (Wildman–Crippen MR) is 64.3 cm³/mol. The van der Waals surface area contributed by atoms with E-state index in [0.29, 0.717) is 5.92 Å². The summed E-state index contributed by atoms with van der Waals surface area (Å²) in [7, 11) is 0. The van der Waals surface area contributed by atoms with E-state index in [-0.39, 0.29) is 11.7 Å². The first kappa shape index (κ1) is 12.5. The molecule has 1 aliphatic rings. The lowest BCUT2D eigenvalue weighted by molar-refractivity contribution is 0.434. The topological polar surface area (TPSA) is 0 Å². The Kier molecular flexibility index (Phi) is 4.56. The normalized spacial score (nSPS) is 25.5. The van der Waals surface area contributed by atoms with Crippen LogP contribution in [0.1, 0.15) is 47.0 Å². The Morgan fingerprint density at radius 1 is 1.47 bits per heavy atom. The van der Waals surface area contributed by atoms with Gasteiger partial charge in [-0.15, -0.1) is 0 Å². The maximum Gasteiger partial charge on any atom is 0.103 e. The molecule has 0 N–H and O–H groups in total. The molecule has 1 heteroatoms. The molecule has 0 saturated carbocycles. The summed E-state index contributed by atoms with van der Waals surface area (Å²) in [5.74, 6) is 1.38. The van der Waals surface area contributed by atoms with Crippen LogP contribution in [-0.4, -0.2) is 0 Å². The van der Waals surface area contributed by atoms with Gasteiger partial charge in [0.1, 0.15) is 5.83 Å². The first-order valence-corrected chi connectivity index (χ1v) is 6.11. The van der Waals surface area contributed by atoms with Crippen molar-refractivity contribution in [3.63, 3.8) is 0 Å². The van der Waals surface area contributed by atoms with Crippen molar-refractivity contribution in [2.24, 2.45) is 17.8 Å². The summed E-state index contributed by atoms with van der Waals surface area (Å²) in [6.07, 6.45) is 7.20. The SMILES string of the molecule is CCC(C)C[C@H](C)C1=CC[C@H](C)C(F)=C1. The maximum atomic E-state index is 13.4. The van der Waals surface area contributed by atoms with E-state index >= 15 is 0 Å². The standard InChI is InChI=1S/C14H23F/c1-5-10(2)8-12(4)13-7-6-11(3)14(15)9-13/h7,9-12H,5-6,8H2,1-4H3/t10?,11-,12-/m0/s1. The molecule has 0 heterocycles. The summed E-state index contributed by atoms with van der Waals surface area (Å²) in [6.45, 7) is 8.63. The second-order valence-corrected chi connectivity index (χ2v) is 5.02. The third-order valence-corrected chi connectivity index (χ3v) is 3.50. The summed E-state index contributed by atoms with van der Waals surface area (Å²) in [5.41, 5.74) is 1.20. The fourth-order valence-electron chi connectivity index (χ4n) is 2.04. The van der Waals surface area contributed by atoms with Crippen molar-refractivity contribution in [1.29, 1.82) is 0 Å². The molecule has 0 aliphatic heterocycles. The second kappa shape index (κ2) is 5.48. The third-order valence-electron chi connectivity index (χ3n) is 3.50. The lowest BCUT2D eigenvalue weighted by Crippen LogP contribution is -2.08. The Hall–Kier alpha value is -0.590. The van der Waals surface area contributed by atoms with Gasteiger partial charge in [0, 0.05) is 5.92 Å². The van der Waals surface area contributed by atoms with Gasteiger partial charge in [0.15, 0.2) is 0 Å². The van der Waals surface area contributed by atoms with Crippen LogP contribution < -0.4 is 0 Å². The molecule has 1 unspecified atom stereocenters. The van der Waals surface area contributed by atoms with E-state index < -0.39 is 0 Å². The Bertz CT molecular complexity index is 263. The smallest absolute Gasteiger partial charge is 0.103 e. The molecular weight excluding hydrogens is 187 g/mol. The molecule has 0 amide bonds. The van der Waals surface area contributed by atoms with Gasteiger partial charge in [-0.05, 0) is 36.3 Å². The van der Waals surface area contributed by atoms with Crippen molar-refractivity contribution >= 4 is 0 Å². The summed E-state index contributed by atoms with van der Waals surface area (Å²) in [6, 6.07) is 0. The molecule has 15 heavy (non-hydrogen) atoms. The van der Waals surface area contributed by atoms with Gasteiger partial charge >= 0.3 is 0 Å². The highest BCUT2D eigenvalue weighted by Gasteiger charge is 2.17. The van der Waals surface area contributed by atoms with E-state index in [9.17, 15) is 4.39 Å². The molecule has 0 aromatic heterocycles. The van der Waals surface area contributed by atoms with Crippen molar-refractivity contribution in [3.8, 4) is 0 Å². The minimum atomic E-state index is 0.0588. The molecule has 0 aromatic carbocycles. The first-order valence-electron chi connectivity index (χ1n) is 6.11. The lowest BCUT2D eigenvalue weighted by Gasteiger charge is -2.21. The van der Waals surface area contributed by atoms with Crippen molar-refractivity contribution in [2.45, 2.75) is 47.0 Å². The molecule has 3 atom stereocenters. The molecular formula is C14H23F. The molecule has 0 saturated heterocycles. The number of allylic oxidation sites excluding steroid dienone is 4. The van der Waals surface area contributed by atoms with Crippen molar-refractivity contribution in [1.82, 2.24) is 0 Å². The number of hydrogen-bond donors (Lipinski definition) is 0. The van der Waals surface area contributed by atoms with E-state index in [1.807, 2.05) is 6.92 Å². The number of hydrogen-bond acceptors (Lipinski definition) is 0. The van der Waals surface area contributed by atoms with E-state index in [1.165, 1.54) is 18.4 Å². The predicted octanol–water partition coefficient (Wildman–Crippen LogP) is 4.88. The van der Waals surface area contributed by atoms with E-state index in [0.717, 1.165) is 12.3 Å². The zero-order valence-corrected chi connectivity index (χ0v) is 10.4. The van der Waals surface area contributed by atoms with Crippen LogP contribution in [0.2, 0.25) is 0 Å². The fraction of sp³-hybridized carbons (Fsp3) is 0.714. The van der Waals surface area contributed by atoms with Gasteiger partial charge in [-0.25, -0.2) is 4.39 Å². The van der Waals surface area contributed by atoms with Crippen LogP contribution >= 0.6 is 0 Å². The van der Waals surface area contributed by atoms with Crippen molar-refractivity contribution in [2.75, 3.05) is 0 Å². The van der Waals surface area contributed by atoms with Crippen LogP contribution in [0.3, 0.4) is 0 Å². The molecule has 0 radical (unpaired) electrons. The summed E-state index contributed by atoms with van der Waals surface area (Å²) >= 11 is 0. The molecule has 1 aliphatic carbocycles. The summed E-state index contributed by atoms with van der Waals surface area (Å²) < 4.78 is 13.4. The van der Waals surface area contributed by atoms with E-state index in [2.05, 4.69) is 26.8 Å². The fourth-order valence-corrected chi connectivity index (χ4v) is 2.04. The lowest BCUT2D eigenvalue weighted by atomic mass is 9.85. The van der Waals surface area contributed by atoms with Gasteiger partial charge in [-0.1, -0.05) is 40.2 Å².